The number of fused-ring (bicyclic) bond motifs is 4. The molecule has 278 valence electrons. The van der Waals surface area contributed by atoms with Crippen LogP contribution in [0.2, 0.25) is 0 Å². The first-order valence-electron chi connectivity index (χ1n) is 18.9. The molecule has 0 heterocycles. The van der Waals surface area contributed by atoms with E-state index in [9.17, 15) is 19.8 Å². The predicted molar refractivity (Wildman–Crippen MR) is 204 cm³/mol. The van der Waals surface area contributed by atoms with E-state index in [2.05, 4.69) is 41.5 Å². The van der Waals surface area contributed by atoms with Crippen LogP contribution >= 0.6 is 0 Å². The van der Waals surface area contributed by atoms with Crippen LogP contribution in [0.3, 0.4) is 0 Å². The van der Waals surface area contributed by atoms with Crippen LogP contribution in [0.25, 0.3) is 0 Å². The van der Waals surface area contributed by atoms with Gasteiger partial charge in [0.25, 0.3) is 0 Å². The Morgan fingerprint density at radius 2 is 1.00 bits per heavy atom. The van der Waals surface area contributed by atoms with Crippen LogP contribution in [0.15, 0.2) is 93.3 Å². The van der Waals surface area contributed by atoms with E-state index in [1.54, 1.807) is 0 Å². The minimum Gasteiger partial charge on any atom is -0.512 e. The van der Waals surface area contributed by atoms with Crippen molar-refractivity contribution in [3.63, 3.8) is 0 Å². The molecule has 8 atom stereocenters. The van der Waals surface area contributed by atoms with Crippen molar-refractivity contribution in [1.82, 2.24) is 0 Å². The molecular formula is C44H56N2O6. The molecule has 4 aliphatic carbocycles. The number of hydrogen-bond acceptors (Lipinski definition) is 8. The molecule has 0 aliphatic heterocycles. The van der Waals surface area contributed by atoms with E-state index >= 15 is 0 Å². The maximum atomic E-state index is 13.7. The molecule has 0 radical (unpaired) electrons. The van der Waals surface area contributed by atoms with Crippen molar-refractivity contribution in [2.24, 2.45) is 43.5 Å². The summed E-state index contributed by atoms with van der Waals surface area (Å²) >= 11 is 0. The van der Waals surface area contributed by atoms with E-state index in [0.29, 0.717) is 11.8 Å². The summed E-state index contributed by atoms with van der Waals surface area (Å²) in [5.74, 6) is -0.609. The Balaban J connectivity index is 1.30. The van der Waals surface area contributed by atoms with Gasteiger partial charge in [0.1, 0.15) is 47.0 Å². The second-order valence-electron chi connectivity index (χ2n) is 17.3. The first-order chi connectivity index (χ1) is 24.5. The van der Waals surface area contributed by atoms with Crippen LogP contribution in [0, 0.1) is 33.5 Å². The quantitative estimate of drug-likeness (QED) is 0.104. The molecule has 2 aromatic rings. The van der Waals surface area contributed by atoms with Crippen molar-refractivity contribution in [3.8, 4) is 0 Å². The largest absolute Gasteiger partial charge is 0.512 e. The number of aliphatic imine (C=N–C) groups is 2. The molecule has 6 rings (SSSR count). The normalized spacial score (nSPS) is 32.1. The van der Waals surface area contributed by atoms with E-state index in [1.165, 1.54) is 26.3 Å². The molecule has 2 aromatic carbocycles. The summed E-state index contributed by atoms with van der Waals surface area (Å²) in [6.07, 6.45) is 8.15. The second kappa shape index (κ2) is 14.0. The second-order valence-corrected chi connectivity index (χ2v) is 17.3. The zero-order valence-corrected chi connectivity index (χ0v) is 32.1. The van der Waals surface area contributed by atoms with Crippen LogP contribution in [-0.2, 0) is 19.1 Å². The van der Waals surface area contributed by atoms with Gasteiger partial charge in [-0.15, -0.1) is 0 Å². The summed E-state index contributed by atoms with van der Waals surface area (Å²) in [6, 6.07) is 17.8. The lowest BCUT2D eigenvalue weighted by Crippen LogP contribution is -2.38. The van der Waals surface area contributed by atoms with Gasteiger partial charge in [-0.05, 0) is 86.2 Å². The number of aliphatic hydroxyl groups excluding tert-OH is 2. The van der Waals surface area contributed by atoms with Crippen molar-refractivity contribution in [2.45, 2.75) is 118 Å². The molecule has 4 fully saturated rings. The number of benzene rings is 2. The minimum absolute atomic E-state index is 0.0152. The number of ether oxygens (including phenoxy) is 2. The lowest BCUT2D eigenvalue weighted by atomic mass is 9.70. The summed E-state index contributed by atoms with van der Waals surface area (Å²) in [7, 11) is 0. The highest BCUT2D eigenvalue weighted by Gasteiger charge is 2.64. The fourth-order valence-electron chi connectivity index (χ4n) is 9.90. The molecule has 8 nitrogen and oxygen atoms in total. The third-order valence-corrected chi connectivity index (χ3v) is 14.5. The number of nitrogens with zero attached hydrogens (tertiary/aromatic N) is 2. The number of aliphatic hydroxyl groups is 2. The number of allylic oxidation sites excluding steroid dienone is 2. The number of rotatable bonds is 11. The fourth-order valence-corrected chi connectivity index (χ4v) is 9.90. The van der Waals surface area contributed by atoms with Crippen LogP contribution in [0.1, 0.15) is 117 Å². The maximum Gasteiger partial charge on any atom is 0.343 e. The summed E-state index contributed by atoms with van der Waals surface area (Å²) in [5, 5.41) is 21.5. The van der Waals surface area contributed by atoms with Gasteiger partial charge in [0.2, 0.25) is 0 Å². The zero-order chi connectivity index (χ0) is 37.6. The Bertz CT molecular complexity index is 1650. The molecule has 52 heavy (non-hydrogen) atoms. The molecule has 4 aliphatic rings. The highest BCUT2D eigenvalue weighted by atomic mass is 16.6. The fraction of sp³-hybridized carbons (Fsp3) is 0.545. The number of esters is 2. The van der Waals surface area contributed by atoms with E-state index in [-0.39, 0.29) is 56.5 Å². The molecule has 8 heteroatoms. The van der Waals surface area contributed by atoms with Crippen molar-refractivity contribution in [2.75, 3.05) is 0 Å². The average molecular weight is 709 g/mol. The van der Waals surface area contributed by atoms with Crippen molar-refractivity contribution < 1.29 is 29.3 Å². The van der Waals surface area contributed by atoms with Gasteiger partial charge in [-0.1, -0.05) is 102 Å². The Labute approximate surface area is 309 Å². The van der Waals surface area contributed by atoms with Gasteiger partial charge >= 0.3 is 11.9 Å². The Morgan fingerprint density at radius 3 is 1.27 bits per heavy atom. The van der Waals surface area contributed by atoms with E-state index < -0.39 is 24.0 Å². The highest BCUT2D eigenvalue weighted by Crippen LogP contribution is 2.67. The Morgan fingerprint density at radius 1 is 0.654 bits per heavy atom. The lowest BCUT2D eigenvalue weighted by Gasteiger charge is -2.38. The van der Waals surface area contributed by atoms with Gasteiger partial charge in [0.05, 0.1) is 0 Å². The van der Waals surface area contributed by atoms with E-state index in [1.807, 2.05) is 60.7 Å². The van der Waals surface area contributed by atoms with Crippen LogP contribution in [-0.4, -0.2) is 46.8 Å². The molecule has 4 bridgehead atoms. The van der Waals surface area contributed by atoms with Crippen molar-refractivity contribution in [3.05, 3.63) is 94.5 Å². The molecule has 0 spiro atoms. The van der Waals surface area contributed by atoms with Crippen LogP contribution in [0.4, 0.5) is 0 Å². The van der Waals surface area contributed by atoms with Gasteiger partial charge in [-0.3, -0.25) is 9.98 Å². The monoisotopic (exact) mass is 708 g/mol. The van der Waals surface area contributed by atoms with E-state index in [0.717, 1.165) is 49.7 Å². The molecule has 0 unspecified atom stereocenters. The lowest BCUT2D eigenvalue weighted by molar-refractivity contribution is -0.152. The number of carbonyl (C=O) groups is 2. The maximum absolute atomic E-state index is 13.7. The Kier molecular flexibility index (Phi) is 10.1. The molecule has 4 saturated carbocycles. The summed E-state index contributed by atoms with van der Waals surface area (Å²) in [5.41, 5.74) is 1.42. The Hall–Kier alpha value is -4.20. The van der Waals surface area contributed by atoms with Crippen molar-refractivity contribution >= 4 is 24.4 Å². The predicted octanol–water partition coefficient (Wildman–Crippen LogP) is 9.79. The standard InChI is InChI=1S/C44H56N2O6/c1-27(47)33(39(49)51-35-23-31-19-21-43(35,7)41(31,3)4)25-45-37(29-15-11-9-12-16-29)38(30-17-13-10-14-18-30)46-26-34(28(2)48)40(50)52-36-24-32-20-22-44(36,8)42(32,5)6/h9-18,25-26,31-32,35-38,47-48H,19-24H2,1-8H3/b33-27+,34-28+,45-25?,46-26?/t31-,32-,35+,36+,37-,38-,43+,44+/m1/s1. The first kappa shape index (κ1) is 37.6. The van der Waals surface area contributed by atoms with Crippen LogP contribution < -0.4 is 0 Å². The van der Waals surface area contributed by atoms with Gasteiger partial charge in [0, 0.05) is 23.3 Å². The van der Waals surface area contributed by atoms with Gasteiger partial charge in [0.15, 0.2) is 0 Å². The van der Waals surface area contributed by atoms with E-state index in [4.69, 9.17) is 19.5 Å². The van der Waals surface area contributed by atoms with Gasteiger partial charge in [-0.2, -0.15) is 0 Å². The smallest absolute Gasteiger partial charge is 0.343 e. The summed E-state index contributed by atoms with van der Waals surface area (Å²) in [4.78, 5) is 37.3. The molecular weight excluding hydrogens is 652 g/mol. The number of hydrogen-bond donors (Lipinski definition) is 2. The third-order valence-electron chi connectivity index (χ3n) is 14.5. The molecule has 0 aromatic heterocycles. The average Bonchev–Trinajstić information content (AvgIpc) is 3.62. The molecule has 0 amide bonds. The molecule has 2 N–H and O–H groups in total. The zero-order valence-electron chi connectivity index (χ0n) is 32.1. The molecule has 0 saturated heterocycles. The third kappa shape index (κ3) is 6.40. The SMILES string of the molecule is C/C(O)=C(/C=N[C@H](c1ccccc1)[C@H](N=C/C(C(=O)O[C@H]1C[C@H]2CC[C@]1(C)C2(C)C)=C(/C)O)c1ccccc1)C(=O)O[C@H]1C[C@H]2CC[C@]1(C)C2(C)C. The van der Waals surface area contributed by atoms with Gasteiger partial charge < -0.3 is 19.7 Å². The van der Waals surface area contributed by atoms with Gasteiger partial charge in [-0.25, -0.2) is 9.59 Å². The highest BCUT2D eigenvalue weighted by molar-refractivity contribution is 6.10. The van der Waals surface area contributed by atoms with Crippen LogP contribution in [0.5, 0.6) is 0 Å². The number of carbonyl (C=O) groups excluding carboxylic acids is 2. The first-order valence-corrected chi connectivity index (χ1v) is 18.9. The van der Waals surface area contributed by atoms with Crippen molar-refractivity contribution in [1.29, 1.82) is 0 Å². The summed E-state index contributed by atoms with van der Waals surface area (Å²) < 4.78 is 12.3. The summed E-state index contributed by atoms with van der Waals surface area (Å²) in [6.45, 7) is 16.4. The minimum atomic E-state index is -0.678. The topological polar surface area (TPSA) is 118 Å².